The molecule has 3 nitrogen and oxygen atoms in total. The van der Waals surface area contributed by atoms with E-state index in [-0.39, 0.29) is 11.9 Å². The minimum absolute atomic E-state index is 0.0119. The molecule has 2 aromatic rings. The molecule has 0 saturated heterocycles. The van der Waals surface area contributed by atoms with E-state index in [1.807, 2.05) is 19.2 Å². The van der Waals surface area contributed by atoms with Crippen LogP contribution in [0.1, 0.15) is 23.7 Å². The Labute approximate surface area is 103 Å². The van der Waals surface area contributed by atoms with E-state index in [1.165, 1.54) is 12.1 Å². The molecular formula is C12H14FN3S. The van der Waals surface area contributed by atoms with Crippen LogP contribution in [-0.4, -0.2) is 4.98 Å². The van der Waals surface area contributed by atoms with Gasteiger partial charge in [-0.05, 0) is 32.0 Å². The summed E-state index contributed by atoms with van der Waals surface area (Å²) < 4.78 is 13.1. The minimum Gasteiger partial charge on any atom is -0.397 e. The molecular weight excluding hydrogens is 237 g/mol. The van der Waals surface area contributed by atoms with Crippen LogP contribution >= 0.6 is 11.3 Å². The van der Waals surface area contributed by atoms with Crippen molar-refractivity contribution in [2.45, 2.75) is 19.9 Å². The molecule has 0 aliphatic carbocycles. The molecule has 0 bridgehead atoms. The van der Waals surface area contributed by atoms with Crippen molar-refractivity contribution in [3.05, 3.63) is 40.1 Å². The molecule has 1 unspecified atom stereocenters. The Balaban J connectivity index is 2.18. The predicted octanol–water partition coefficient (Wildman–Crippen LogP) is 3.35. The molecule has 90 valence electrons. The average Bonchev–Trinajstić information content (AvgIpc) is 2.70. The van der Waals surface area contributed by atoms with Crippen molar-refractivity contribution in [2.75, 3.05) is 11.1 Å². The number of nitrogens with two attached hydrogens (primary N) is 1. The second kappa shape index (κ2) is 4.71. The van der Waals surface area contributed by atoms with E-state index in [2.05, 4.69) is 10.3 Å². The van der Waals surface area contributed by atoms with Gasteiger partial charge in [0.15, 0.2) is 0 Å². The van der Waals surface area contributed by atoms with Crippen LogP contribution < -0.4 is 11.1 Å². The van der Waals surface area contributed by atoms with Gasteiger partial charge in [-0.25, -0.2) is 9.37 Å². The summed E-state index contributed by atoms with van der Waals surface area (Å²) in [6.07, 6.45) is 0. The van der Waals surface area contributed by atoms with E-state index < -0.39 is 0 Å². The lowest BCUT2D eigenvalue weighted by Gasteiger charge is -2.14. The van der Waals surface area contributed by atoms with Crippen LogP contribution in [0.5, 0.6) is 0 Å². The molecule has 0 spiro atoms. The normalized spacial score (nSPS) is 12.4. The van der Waals surface area contributed by atoms with Crippen LogP contribution in [0.25, 0.3) is 0 Å². The lowest BCUT2D eigenvalue weighted by Crippen LogP contribution is -2.08. The zero-order valence-corrected chi connectivity index (χ0v) is 10.5. The highest BCUT2D eigenvalue weighted by molar-refractivity contribution is 7.09. The topological polar surface area (TPSA) is 50.9 Å². The Morgan fingerprint density at radius 2 is 2.24 bits per heavy atom. The highest BCUT2D eigenvalue weighted by Crippen LogP contribution is 2.26. The Hall–Kier alpha value is -1.62. The lowest BCUT2D eigenvalue weighted by molar-refractivity contribution is 0.628. The third kappa shape index (κ3) is 2.74. The third-order valence-corrected chi connectivity index (χ3v) is 3.54. The van der Waals surface area contributed by atoms with Gasteiger partial charge in [0, 0.05) is 11.1 Å². The number of anilines is 2. The number of nitrogens with zero attached hydrogens (tertiary/aromatic N) is 1. The number of rotatable bonds is 3. The summed E-state index contributed by atoms with van der Waals surface area (Å²) in [5.41, 5.74) is 7.90. The summed E-state index contributed by atoms with van der Waals surface area (Å²) in [5.74, 6) is -0.302. The summed E-state index contributed by atoms with van der Waals surface area (Å²) in [7, 11) is 0. The molecule has 0 saturated carbocycles. The summed E-state index contributed by atoms with van der Waals surface area (Å²) in [4.78, 5) is 4.38. The summed E-state index contributed by atoms with van der Waals surface area (Å²) >= 11 is 1.58. The number of benzene rings is 1. The van der Waals surface area contributed by atoms with Crippen molar-refractivity contribution >= 4 is 22.7 Å². The van der Waals surface area contributed by atoms with Crippen LogP contribution in [0.3, 0.4) is 0 Å². The first-order valence-corrected chi connectivity index (χ1v) is 6.18. The molecule has 1 heterocycles. The Bertz CT molecular complexity index is 524. The number of nitrogen functional groups attached to an aromatic ring is 1. The van der Waals surface area contributed by atoms with E-state index in [4.69, 9.17) is 5.73 Å². The van der Waals surface area contributed by atoms with E-state index in [0.29, 0.717) is 11.4 Å². The van der Waals surface area contributed by atoms with Crippen molar-refractivity contribution in [1.82, 2.24) is 4.98 Å². The van der Waals surface area contributed by atoms with E-state index in [1.54, 1.807) is 17.4 Å². The summed E-state index contributed by atoms with van der Waals surface area (Å²) in [6, 6.07) is 4.31. The standard InChI is InChI=1S/C12H14FN3S/c1-7-6-17-12(15-7)8(2)16-11-5-9(13)3-4-10(11)14/h3-6,8,16H,14H2,1-2H3. The van der Waals surface area contributed by atoms with Gasteiger partial charge in [0.2, 0.25) is 0 Å². The number of hydrogen-bond donors (Lipinski definition) is 2. The average molecular weight is 251 g/mol. The maximum atomic E-state index is 13.1. The molecule has 0 aliphatic rings. The van der Waals surface area contributed by atoms with Gasteiger partial charge in [0.05, 0.1) is 17.4 Å². The number of halogens is 1. The highest BCUT2D eigenvalue weighted by atomic mass is 32.1. The van der Waals surface area contributed by atoms with Gasteiger partial charge in [0.25, 0.3) is 0 Å². The molecule has 5 heteroatoms. The monoisotopic (exact) mass is 251 g/mol. The molecule has 2 rings (SSSR count). The zero-order valence-electron chi connectivity index (χ0n) is 9.70. The van der Waals surface area contributed by atoms with Crippen molar-refractivity contribution < 1.29 is 4.39 Å². The van der Waals surface area contributed by atoms with Crippen LogP contribution in [0, 0.1) is 12.7 Å². The van der Waals surface area contributed by atoms with Gasteiger partial charge in [-0.15, -0.1) is 11.3 Å². The molecule has 1 atom stereocenters. The van der Waals surface area contributed by atoms with E-state index >= 15 is 0 Å². The molecule has 0 radical (unpaired) electrons. The Kier molecular flexibility index (Phi) is 3.28. The Morgan fingerprint density at radius 1 is 1.47 bits per heavy atom. The lowest BCUT2D eigenvalue weighted by atomic mass is 10.2. The first kappa shape index (κ1) is 11.9. The number of thiazole rings is 1. The van der Waals surface area contributed by atoms with Gasteiger partial charge in [-0.3, -0.25) is 0 Å². The first-order valence-electron chi connectivity index (χ1n) is 5.30. The second-order valence-electron chi connectivity index (χ2n) is 3.92. The smallest absolute Gasteiger partial charge is 0.125 e. The zero-order chi connectivity index (χ0) is 12.4. The van der Waals surface area contributed by atoms with Gasteiger partial charge < -0.3 is 11.1 Å². The van der Waals surface area contributed by atoms with E-state index in [0.717, 1.165) is 10.7 Å². The number of hydrogen-bond acceptors (Lipinski definition) is 4. The van der Waals surface area contributed by atoms with Crippen molar-refractivity contribution in [2.24, 2.45) is 0 Å². The summed E-state index contributed by atoms with van der Waals surface area (Å²) in [5, 5.41) is 6.12. The molecule has 0 amide bonds. The van der Waals surface area contributed by atoms with Gasteiger partial charge in [0.1, 0.15) is 10.8 Å². The fraction of sp³-hybridized carbons (Fsp3) is 0.250. The maximum absolute atomic E-state index is 13.1. The second-order valence-corrected chi connectivity index (χ2v) is 4.81. The molecule has 0 fully saturated rings. The van der Waals surface area contributed by atoms with Crippen molar-refractivity contribution in [3.63, 3.8) is 0 Å². The molecule has 1 aromatic carbocycles. The van der Waals surface area contributed by atoms with Crippen LogP contribution in [0.4, 0.5) is 15.8 Å². The maximum Gasteiger partial charge on any atom is 0.125 e. The van der Waals surface area contributed by atoms with Crippen LogP contribution in [0.2, 0.25) is 0 Å². The van der Waals surface area contributed by atoms with Crippen LogP contribution in [0.15, 0.2) is 23.6 Å². The minimum atomic E-state index is -0.302. The van der Waals surface area contributed by atoms with Gasteiger partial charge in [-0.1, -0.05) is 0 Å². The summed E-state index contributed by atoms with van der Waals surface area (Å²) in [6.45, 7) is 3.92. The van der Waals surface area contributed by atoms with Crippen molar-refractivity contribution in [1.29, 1.82) is 0 Å². The molecule has 17 heavy (non-hydrogen) atoms. The fourth-order valence-corrected chi connectivity index (χ4v) is 2.32. The molecule has 3 N–H and O–H groups in total. The Morgan fingerprint density at radius 3 is 2.88 bits per heavy atom. The number of aryl methyl sites for hydroxylation is 1. The van der Waals surface area contributed by atoms with Crippen LogP contribution in [-0.2, 0) is 0 Å². The number of nitrogens with one attached hydrogen (secondary N) is 1. The quantitative estimate of drug-likeness (QED) is 0.822. The van der Waals surface area contributed by atoms with Crippen molar-refractivity contribution in [3.8, 4) is 0 Å². The number of aromatic nitrogens is 1. The fourth-order valence-electron chi connectivity index (χ4n) is 1.52. The third-order valence-electron chi connectivity index (χ3n) is 2.39. The highest BCUT2D eigenvalue weighted by Gasteiger charge is 2.11. The van der Waals surface area contributed by atoms with E-state index in [9.17, 15) is 4.39 Å². The first-order chi connectivity index (χ1) is 8.06. The largest absolute Gasteiger partial charge is 0.397 e. The molecule has 0 aliphatic heterocycles. The molecule has 1 aromatic heterocycles. The van der Waals surface area contributed by atoms with Gasteiger partial charge >= 0.3 is 0 Å². The predicted molar refractivity (Wildman–Crippen MR) is 69.7 cm³/mol. The van der Waals surface area contributed by atoms with Gasteiger partial charge in [-0.2, -0.15) is 0 Å². The SMILES string of the molecule is Cc1csc(C(C)Nc2cc(F)ccc2N)n1.